The highest BCUT2D eigenvalue weighted by Crippen LogP contribution is 2.32. The van der Waals surface area contributed by atoms with E-state index in [-0.39, 0.29) is 22.9 Å². The molecule has 0 spiro atoms. The fraction of sp³-hybridized carbons (Fsp3) is 0.500. The van der Waals surface area contributed by atoms with Gasteiger partial charge in [0.2, 0.25) is 10.0 Å². The molecule has 2 aliphatic heterocycles. The van der Waals surface area contributed by atoms with Gasteiger partial charge >= 0.3 is 0 Å². The first kappa shape index (κ1) is 26.3. The fourth-order valence-electron chi connectivity index (χ4n) is 5.29. The molecule has 2 fully saturated rings. The molecule has 0 bridgehead atoms. The number of benzene rings is 2. The minimum Gasteiger partial charge on any atom is -0.376 e. The van der Waals surface area contributed by atoms with Gasteiger partial charge in [-0.2, -0.15) is 4.31 Å². The Labute approximate surface area is 223 Å². The predicted octanol–water partition coefficient (Wildman–Crippen LogP) is 5.64. The van der Waals surface area contributed by atoms with Gasteiger partial charge < -0.3 is 4.74 Å². The Morgan fingerprint density at radius 2 is 1.92 bits per heavy atom. The Morgan fingerprint density at radius 3 is 2.62 bits per heavy atom. The molecule has 2 saturated heterocycles. The topological polar surface area (TPSA) is 79.8 Å². The van der Waals surface area contributed by atoms with E-state index in [0.29, 0.717) is 30.4 Å². The molecule has 9 heteroatoms. The van der Waals surface area contributed by atoms with Crippen molar-refractivity contribution in [1.82, 2.24) is 9.29 Å². The van der Waals surface area contributed by atoms with E-state index < -0.39 is 10.0 Å². The Balaban J connectivity index is 1.43. The van der Waals surface area contributed by atoms with Gasteiger partial charge in [0.1, 0.15) is 0 Å². The smallest absolute Gasteiger partial charge is 0.260 e. The lowest BCUT2D eigenvalue weighted by atomic mass is 10.0. The van der Waals surface area contributed by atoms with Crippen LogP contribution in [0.5, 0.6) is 0 Å². The number of amides is 1. The molecular formula is C28H35N3O4S2. The van der Waals surface area contributed by atoms with Crippen molar-refractivity contribution in [2.75, 3.05) is 24.6 Å². The van der Waals surface area contributed by atoms with E-state index in [9.17, 15) is 13.2 Å². The normalized spacial score (nSPS) is 20.9. The zero-order valence-corrected chi connectivity index (χ0v) is 23.2. The van der Waals surface area contributed by atoms with E-state index in [2.05, 4.69) is 19.1 Å². The van der Waals surface area contributed by atoms with Gasteiger partial charge in [-0.25, -0.2) is 13.4 Å². The van der Waals surface area contributed by atoms with E-state index in [1.807, 2.05) is 13.0 Å². The highest BCUT2D eigenvalue weighted by Gasteiger charge is 2.33. The van der Waals surface area contributed by atoms with Crippen LogP contribution in [0, 0.1) is 0 Å². The molecule has 37 heavy (non-hydrogen) atoms. The van der Waals surface area contributed by atoms with Crippen LogP contribution >= 0.6 is 11.3 Å². The maximum atomic E-state index is 13.8. The van der Waals surface area contributed by atoms with Crippen LogP contribution in [-0.4, -0.2) is 55.5 Å². The lowest BCUT2D eigenvalue weighted by molar-refractivity contribution is 0.0917. The molecular weight excluding hydrogens is 506 g/mol. The van der Waals surface area contributed by atoms with Gasteiger partial charge in [-0.15, -0.1) is 0 Å². The number of piperidine rings is 1. The summed E-state index contributed by atoms with van der Waals surface area (Å²) in [5, 5.41) is 0.638. The summed E-state index contributed by atoms with van der Waals surface area (Å²) in [6, 6.07) is 12.6. The quantitative estimate of drug-likeness (QED) is 0.369. The van der Waals surface area contributed by atoms with Crippen LogP contribution in [0.4, 0.5) is 5.13 Å². The van der Waals surface area contributed by atoms with Crippen LogP contribution in [0.15, 0.2) is 47.4 Å². The molecule has 2 atom stereocenters. The maximum absolute atomic E-state index is 13.8. The zero-order valence-electron chi connectivity index (χ0n) is 21.6. The maximum Gasteiger partial charge on any atom is 0.260 e. The molecule has 3 aromatic rings. The number of hydrogen-bond acceptors (Lipinski definition) is 6. The number of hydrogen-bond donors (Lipinski definition) is 0. The second-order valence-electron chi connectivity index (χ2n) is 9.90. The fourth-order valence-corrected chi connectivity index (χ4v) is 8.10. The molecule has 198 valence electrons. The molecule has 3 heterocycles. The second kappa shape index (κ2) is 11.2. The summed E-state index contributed by atoms with van der Waals surface area (Å²) in [6.45, 7) is 5.83. The van der Waals surface area contributed by atoms with Crippen molar-refractivity contribution in [1.29, 1.82) is 0 Å². The van der Waals surface area contributed by atoms with Gasteiger partial charge in [-0.1, -0.05) is 37.7 Å². The molecule has 0 saturated carbocycles. The van der Waals surface area contributed by atoms with Crippen molar-refractivity contribution in [3.8, 4) is 0 Å². The zero-order chi connectivity index (χ0) is 26.0. The van der Waals surface area contributed by atoms with Gasteiger partial charge in [-0.05, 0) is 80.5 Å². The summed E-state index contributed by atoms with van der Waals surface area (Å²) >= 11 is 1.51. The van der Waals surface area contributed by atoms with E-state index >= 15 is 0 Å². The summed E-state index contributed by atoms with van der Waals surface area (Å²) in [5.74, 6) is -0.196. The van der Waals surface area contributed by atoms with Crippen LogP contribution < -0.4 is 4.90 Å². The number of sulfonamides is 1. The van der Waals surface area contributed by atoms with Crippen molar-refractivity contribution in [2.24, 2.45) is 0 Å². The van der Waals surface area contributed by atoms with E-state index in [4.69, 9.17) is 9.72 Å². The van der Waals surface area contributed by atoms with Crippen LogP contribution in [0.3, 0.4) is 0 Å². The summed E-state index contributed by atoms with van der Waals surface area (Å²) < 4.78 is 35.3. The number of aryl methyl sites for hydroxylation is 1. The van der Waals surface area contributed by atoms with Crippen LogP contribution in [-0.2, 0) is 21.2 Å². The first-order valence-corrected chi connectivity index (χ1v) is 15.6. The number of aromatic nitrogens is 1. The van der Waals surface area contributed by atoms with Crippen LogP contribution in [0.25, 0.3) is 10.2 Å². The average Bonchev–Trinajstić information content (AvgIpc) is 3.60. The lowest BCUT2D eigenvalue weighted by Crippen LogP contribution is -2.43. The summed E-state index contributed by atoms with van der Waals surface area (Å²) in [7, 11) is -3.60. The molecule has 1 amide bonds. The van der Waals surface area contributed by atoms with Gasteiger partial charge in [0.05, 0.1) is 27.8 Å². The number of nitrogens with zero attached hydrogens (tertiary/aromatic N) is 3. The van der Waals surface area contributed by atoms with Crippen molar-refractivity contribution in [3.05, 3.63) is 53.6 Å². The van der Waals surface area contributed by atoms with Gasteiger partial charge in [0.25, 0.3) is 5.91 Å². The predicted molar refractivity (Wildman–Crippen MR) is 148 cm³/mol. The minimum absolute atomic E-state index is 0.0353. The Morgan fingerprint density at radius 1 is 1.11 bits per heavy atom. The van der Waals surface area contributed by atoms with Gasteiger partial charge in [0.15, 0.2) is 5.13 Å². The Kier molecular flexibility index (Phi) is 7.95. The number of carbonyl (C=O) groups excluding carboxylic acids is 1. The first-order chi connectivity index (χ1) is 17.9. The van der Waals surface area contributed by atoms with E-state index in [0.717, 1.165) is 55.2 Å². The van der Waals surface area contributed by atoms with Crippen LogP contribution in [0.1, 0.15) is 68.3 Å². The highest BCUT2D eigenvalue weighted by molar-refractivity contribution is 7.89. The van der Waals surface area contributed by atoms with Crippen molar-refractivity contribution >= 4 is 42.6 Å². The number of thiazole rings is 1. The average molecular weight is 542 g/mol. The number of carbonyl (C=O) groups is 1. The van der Waals surface area contributed by atoms with Crippen molar-refractivity contribution < 1.29 is 17.9 Å². The molecule has 0 N–H and O–H groups in total. The SMILES string of the molecule is CCc1ccc2nc(N(CC3CCCO3)C(=O)c3ccc(S(=O)(=O)N4CCCCC4CC)cc3)sc2c1. The molecule has 2 aromatic carbocycles. The van der Waals surface area contributed by atoms with E-state index in [1.54, 1.807) is 33.5 Å². The standard InChI is InChI=1S/C28H35N3O4S2/c1-3-20-10-15-25-26(18-20)36-28(29-25)30(19-23-9-7-17-35-23)27(32)21-11-13-24(14-12-21)37(33,34)31-16-6-5-8-22(31)4-2/h10-15,18,22-23H,3-9,16-17,19H2,1-2H3. The van der Waals surface area contributed by atoms with Crippen LogP contribution in [0.2, 0.25) is 0 Å². The summed E-state index contributed by atoms with van der Waals surface area (Å²) in [5.41, 5.74) is 2.54. The monoisotopic (exact) mass is 541 g/mol. The largest absolute Gasteiger partial charge is 0.376 e. The molecule has 1 aromatic heterocycles. The first-order valence-electron chi connectivity index (χ1n) is 13.4. The lowest BCUT2D eigenvalue weighted by Gasteiger charge is -2.34. The summed E-state index contributed by atoms with van der Waals surface area (Å²) in [4.78, 5) is 20.5. The number of fused-ring (bicyclic) bond motifs is 1. The molecule has 0 aliphatic carbocycles. The Hall–Kier alpha value is -2.33. The molecule has 2 unspecified atom stereocenters. The number of ether oxygens (including phenoxy) is 1. The molecule has 0 radical (unpaired) electrons. The summed E-state index contributed by atoms with van der Waals surface area (Å²) in [6.07, 6.45) is 6.42. The minimum atomic E-state index is -3.60. The van der Waals surface area contributed by atoms with Gasteiger partial charge in [0, 0.05) is 24.8 Å². The second-order valence-corrected chi connectivity index (χ2v) is 12.8. The van der Waals surface area contributed by atoms with Crippen molar-refractivity contribution in [3.63, 3.8) is 0 Å². The van der Waals surface area contributed by atoms with Gasteiger partial charge in [-0.3, -0.25) is 9.69 Å². The third-order valence-corrected chi connectivity index (χ3v) is 10.5. The molecule has 5 rings (SSSR count). The van der Waals surface area contributed by atoms with E-state index in [1.165, 1.54) is 16.9 Å². The Bertz CT molecular complexity index is 1350. The number of rotatable bonds is 8. The molecule has 2 aliphatic rings. The van der Waals surface area contributed by atoms with Crippen molar-refractivity contribution in [2.45, 2.75) is 75.8 Å². The molecule has 7 nitrogen and oxygen atoms in total. The highest BCUT2D eigenvalue weighted by atomic mass is 32.2. The number of anilines is 1. The third kappa shape index (κ3) is 5.46. The third-order valence-electron chi connectivity index (χ3n) is 7.49.